The molecule has 18 heavy (non-hydrogen) atoms. The van der Waals surface area contributed by atoms with Crippen LogP contribution >= 0.6 is 0 Å². The van der Waals surface area contributed by atoms with E-state index >= 15 is 0 Å². The molecule has 2 aliphatic rings. The Morgan fingerprint density at radius 2 is 1.72 bits per heavy atom. The van der Waals surface area contributed by atoms with Crippen LogP contribution in [-0.4, -0.2) is 41.1 Å². The summed E-state index contributed by atoms with van der Waals surface area (Å²) in [4.78, 5) is 14.5. The first-order valence-electron chi connectivity index (χ1n) is 6.95. The van der Waals surface area contributed by atoms with Crippen molar-refractivity contribution in [2.45, 2.75) is 64.2 Å². The van der Waals surface area contributed by atoms with Crippen molar-refractivity contribution >= 4 is 5.91 Å². The van der Waals surface area contributed by atoms with E-state index in [2.05, 4.69) is 0 Å². The fourth-order valence-corrected chi connectivity index (χ4v) is 3.47. The number of carbonyl (C=O) groups excluding carboxylic acids is 1. The van der Waals surface area contributed by atoms with Gasteiger partial charge in [0.05, 0.1) is 17.1 Å². The molecule has 2 N–H and O–H groups in total. The second-order valence-electron chi connectivity index (χ2n) is 7.02. The molecule has 1 saturated carbocycles. The summed E-state index contributed by atoms with van der Waals surface area (Å²) in [6, 6.07) is 0.0477. The van der Waals surface area contributed by atoms with Gasteiger partial charge in [-0.3, -0.25) is 4.79 Å². The van der Waals surface area contributed by atoms with Crippen LogP contribution in [-0.2, 0) is 9.53 Å². The van der Waals surface area contributed by atoms with Gasteiger partial charge in [0.2, 0.25) is 5.91 Å². The molecule has 2 rings (SSSR count). The summed E-state index contributed by atoms with van der Waals surface area (Å²) in [5.74, 6) is 0.249. The lowest BCUT2D eigenvalue weighted by molar-refractivity contribution is -0.190. The lowest BCUT2D eigenvalue weighted by Crippen LogP contribution is -2.60. The molecule has 1 saturated heterocycles. The number of nitrogens with two attached hydrogens (primary N) is 1. The van der Waals surface area contributed by atoms with Gasteiger partial charge >= 0.3 is 0 Å². The normalized spacial score (nSPS) is 34.6. The molecule has 0 spiro atoms. The summed E-state index contributed by atoms with van der Waals surface area (Å²) in [7, 11) is 0. The first-order chi connectivity index (χ1) is 8.20. The highest BCUT2D eigenvalue weighted by Gasteiger charge is 2.43. The number of hydrogen-bond acceptors (Lipinski definition) is 3. The molecule has 4 heteroatoms. The van der Waals surface area contributed by atoms with Gasteiger partial charge in [0, 0.05) is 19.1 Å². The molecular weight excluding hydrogens is 228 g/mol. The standard InChI is InChI=1S/C14H26N2O2/c1-13(2)8-16(9-14(3,4)18-13)12(17)10-6-5-7-11(10)15/h10-11H,5-9,15H2,1-4H3. The maximum atomic E-state index is 12.6. The summed E-state index contributed by atoms with van der Waals surface area (Å²) < 4.78 is 6.01. The zero-order chi connectivity index (χ0) is 13.6. The van der Waals surface area contributed by atoms with Crippen LogP contribution in [0, 0.1) is 5.92 Å². The topological polar surface area (TPSA) is 55.6 Å². The zero-order valence-electron chi connectivity index (χ0n) is 12.0. The number of hydrogen-bond donors (Lipinski definition) is 1. The molecule has 1 aliphatic carbocycles. The molecular formula is C14H26N2O2. The monoisotopic (exact) mass is 254 g/mol. The maximum Gasteiger partial charge on any atom is 0.227 e. The van der Waals surface area contributed by atoms with Crippen LogP contribution in [0.1, 0.15) is 47.0 Å². The molecule has 0 aromatic heterocycles. The minimum atomic E-state index is -0.278. The highest BCUT2D eigenvalue weighted by atomic mass is 16.5. The van der Waals surface area contributed by atoms with Gasteiger partial charge in [-0.25, -0.2) is 0 Å². The molecule has 0 aromatic rings. The molecule has 2 fully saturated rings. The van der Waals surface area contributed by atoms with Crippen molar-refractivity contribution in [1.29, 1.82) is 0 Å². The smallest absolute Gasteiger partial charge is 0.227 e. The van der Waals surface area contributed by atoms with E-state index in [1.807, 2.05) is 32.6 Å². The van der Waals surface area contributed by atoms with E-state index < -0.39 is 0 Å². The Hall–Kier alpha value is -0.610. The molecule has 4 nitrogen and oxygen atoms in total. The summed E-state index contributed by atoms with van der Waals surface area (Å²) in [6.07, 6.45) is 3.00. The summed E-state index contributed by atoms with van der Waals surface area (Å²) in [6.45, 7) is 9.51. The Bertz CT molecular complexity index is 323. The molecule has 0 radical (unpaired) electrons. The third-order valence-corrected chi connectivity index (χ3v) is 3.89. The van der Waals surface area contributed by atoms with Gasteiger partial charge < -0.3 is 15.4 Å². The highest BCUT2D eigenvalue weighted by molar-refractivity contribution is 5.80. The summed E-state index contributed by atoms with van der Waals surface area (Å²) in [5.41, 5.74) is 5.49. The summed E-state index contributed by atoms with van der Waals surface area (Å²) >= 11 is 0. The van der Waals surface area contributed by atoms with Crippen LogP contribution < -0.4 is 5.73 Å². The van der Waals surface area contributed by atoms with Gasteiger partial charge in [0.25, 0.3) is 0 Å². The van der Waals surface area contributed by atoms with Crippen LogP contribution in [0.2, 0.25) is 0 Å². The van der Waals surface area contributed by atoms with Crippen molar-refractivity contribution in [2.75, 3.05) is 13.1 Å². The Morgan fingerprint density at radius 3 is 2.17 bits per heavy atom. The minimum Gasteiger partial charge on any atom is -0.366 e. The van der Waals surface area contributed by atoms with Crippen LogP contribution in [0.25, 0.3) is 0 Å². The van der Waals surface area contributed by atoms with Crippen LogP contribution in [0.5, 0.6) is 0 Å². The quantitative estimate of drug-likeness (QED) is 0.772. The average molecular weight is 254 g/mol. The van der Waals surface area contributed by atoms with Crippen molar-refractivity contribution in [3.05, 3.63) is 0 Å². The van der Waals surface area contributed by atoms with Crippen molar-refractivity contribution in [3.63, 3.8) is 0 Å². The number of amides is 1. The zero-order valence-corrected chi connectivity index (χ0v) is 12.0. The van der Waals surface area contributed by atoms with E-state index in [-0.39, 0.29) is 29.1 Å². The van der Waals surface area contributed by atoms with Crippen molar-refractivity contribution in [3.8, 4) is 0 Å². The first kappa shape index (κ1) is 13.8. The fraction of sp³-hybridized carbons (Fsp3) is 0.929. The molecule has 0 aromatic carbocycles. The highest BCUT2D eigenvalue weighted by Crippen LogP contribution is 2.32. The molecule has 0 bridgehead atoms. The number of morpholine rings is 1. The number of nitrogens with zero attached hydrogens (tertiary/aromatic N) is 1. The van der Waals surface area contributed by atoms with Crippen molar-refractivity contribution in [1.82, 2.24) is 4.90 Å². The van der Waals surface area contributed by atoms with Gasteiger partial charge in [-0.05, 0) is 40.5 Å². The SMILES string of the molecule is CC1(C)CN(C(=O)C2CCCC2N)CC(C)(C)O1. The molecule has 1 amide bonds. The number of ether oxygens (including phenoxy) is 1. The first-order valence-corrected chi connectivity index (χ1v) is 6.95. The maximum absolute atomic E-state index is 12.6. The second kappa shape index (κ2) is 4.49. The average Bonchev–Trinajstić information content (AvgIpc) is 2.58. The molecule has 2 atom stereocenters. The predicted molar refractivity (Wildman–Crippen MR) is 71.1 cm³/mol. The van der Waals surface area contributed by atoms with E-state index in [1.54, 1.807) is 0 Å². The van der Waals surface area contributed by atoms with E-state index in [0.717, 1.165) is 19.3 Å². The Labute approximate surface area is 110 Å². The van der Waals surface area contributed by atoms with E-state index in [4.69, 9.17) is 10.5 Å². The predicted octanol–water partition coefficient (Wildman–Crippen LogP) is 1.53. The molecule has 1 heterocycles. The number of rotatable bonds is 1. The molecule has 2 unspecified atom stereocenters. The largest absolute Gasteiger partial charge is 0.366 e. The van der Waals surface area contributed by atoms with Crippen molar-refractivity contribution < 1.29 is 9.53 Å². The number of carbonyl (C=O) groups is 1. The van der Waals surface area contributed by atoms with Crippen LogP contribution in [0.15, 0.2) is 0 Å². The molecule has 104 valence electrons. The van der Waals surface area contributed by atoms with Gasteiger partial charge in [-0.15, -0.1) is 0 Å². The Balaban J connectivity index is 2.10. The minimum absolute atomic E-state index is 0.0229. The van der Waals surface area contributed by atoms with E-state index in [9.17, 15) is 4.79 Å². The van der Waals surface area contributed by atoms with Crippen LogP contribution in [0.4, 0.5) is 0 Å². The Morgan fingerprint density at radius 1 is 1.17 bits per heavy atom. The third-order valence-electron chi connectivity index (χ3n) is 3.89. The lowest BCUT2D eigenvalue weighted by atomic mass is 9.95. The summed E-state index contributed by atoms with van der Waals surface area (Å²) in [5, 5.41) is 0. The van der Waals surface area contributed by atoms with Gasteiger partial charge in [-0.1, -0.05) is 6.42 Å². The van der Waals surface area contributed by atoms with Gasteiger partial charge in [0.15, 0.2) is 0 Å². The van der Waals surface area contributed by atoms with Gasteiger partial charge in [0.1, 0.15) is 0 Å². The Kier molecular flexibility index (Phi) is 3.45. The third kappa shape index (κ3) is 2.86. The van der Waals surface area contributed by atoms with Crippen LogP contribution in [0.3, 0.4) is 0 Å². The molecule has 1 aliphatic heterocycles. The van der Waals surface area contributed by atoms with E-state index in [1.165, 1.54) is 0 Å². The second-order valence-corrected chi connectivity index (χ2v) is 7.02. The lowest BCUT2D eigenvalue weighted by Gasteiger charge is -2.47. The fourth-order valence-electron chi connectivity index (χ4n) is 3.47. The van der Waals surface area contributed by atoms with Crippen molar-refractivity contribution in [2.24, 2.45) is 11.7 Å². The van der Waals surface area contributed by atoms with Gasteiger partial charge in [-0.2, -0.15) is 0 Å². The van der Waals surface area contributed by atoms with E-state index in [0.29, 0.717) is 13.1 Å².